The molecule has 0 spiro atoms. The maximum absolute atomic E-state index is 12.4. The molecule has 1 heterocycles. The number of rotatable bonds is 9. The average molecular weight is 355 g/mol. The smallest absolute Gasteiger partial charge is 0.330 e. The van der Waals surface area contributed by atoms with E-state index in [0.717, 1.165) is 15.7 Å². The van der Waals surface area contributed by atoms with Crippen molar-refractivity contribution in [2.24, 2.45) is 0 Å². The fourth-order valence-corrected chi connectivity index (χ4v) is 2.50. The summed E-state index contributed by atoms with van der Waals surface area (Å²) in [6, 6.07) is 10.6. The normalized spacial score (nSPS) is 13.0. The van der Waals surface area contributed by atoms with Crippen molar-refractivity contribution in [3.05, 3.63) is 87.6 Å². The van der Waals surface area contributed by atoms with Crippen molar-refractivity contribution in [2.75, 3.05) is 11.9 Å². The van der Waals surface area contributed by atoms with E-state index in [2.05, 4.69) is 23.5 Å². The Morgan fingerprint density at radius 3 is 2.62 bits per heavy atom. The van der Waals surface area contributed by atoms with E-state index in [4.69, 9.17) is 4.74 Å². The fraction of sp³-hybridized carbons (Fsp3) is 0.300. The van der Waals surface area contributed by atoms with Crippen molar-refractivity contribution < 1.29 is 4.74 Å². The number of anilines is 1. The van der Waals surface area contributed by atoms with Crippen LogP contribution in [0.4, 0.5) is 5.82 Å². The highest BCUT2D eigenvalue weighted by Crippen LogP contribution is 2.08. The van der Waals surface area contributed by atoms with Crippen LogP contribution in [0.25, 0.3) is 0 Å². The lowest BCUT2D eigenvalue weighted by Crippen LogP contribution is -2.39. The molecule has 0 aliphatic heterocycles. The van der Waals surface area contributed by atoms with Crippen LogP contribution in [0.5, 0.6) is 0 Å². The molecule has 0 aliphatic carbocycles. The van der Waals surface area contributed by atoms with Gasteiger partial charge in [-0.15, -0.1) is 0 Å². The molecule has 1 aromatic carbocycles. The van der Waals surface area contributed by atoms with Gasteiger partial charge in [0, 0.05) is 12.1 Å². The van der Waals surface area contributed by atoms with Crippen LogP contribution in [0.1, 0.15) is 25.5 Å². The van der Waals surface area contributed by atoms with E-state index in [1.54, 1.807) is 13.0 Å². The summed E-state index contributed by atoms with van der Waals surface area (Å²) in [7, 11) is 0. The molecular weight excluding hydrogens is 330 g/mol. The van der Waals surface area contributed by atoms with Gasteiger partial charge in [-0.2, -0.15) is 0 Å². The van der Waals surface area contributed by atoms with Crippen molar-refractivity contribution in [2.45, 2.75) is 32.5 Å². The zero-order valence-corrected chi connectivity index (χ0v) is 15.2. The van der Waals surface area contributed by atoms with Gasteiger partial charge in [0.05, 0.1) is 19.3 Å². The minimum atomic E-state index is -0.479. The van der Waals surface area contributed by atoms with E-state index in [1.165, 1.54) is 6.07 Å². The Hall–Kier alpha value is -2.86. The van der Waals surface area contributed by atoms with Crippen molar-refractivity contribution in [3.8, 4) is 0 Å². The largest absolute Gasteiger partial charge is 0.375 e. The van der Waals surface area contributed by atoms with Crippen LogP contribution in [0.15, 0.2) is 70.8 Å². The Morgan fingerprint density at radius 1 is 1.31 bits per heavy atom. The number of hydrogen-bond acceptors (Lipinski definition) is 4. The first-order chi connectivity index (χ1) is 12.4. The zero-order valence-electron chi connectivity index (χ0n) is 15.2. The number of nitrogens with one attached hydrogen (secondary N) is 2. The molecule has 0 saturated carbocycles. The second kappa shape index (κ2) is 9.01. The van der Waals surface area contributed by atoms with Gasteiger partial charge in [-0.1, -0.05) is 49.6 Å². The third kappa shape index (κ3) is 5.07. The second-order valence-electron chi connectivity index (χ2n) is 6.19. The van der Waals surface area contributed by atoms with Gasteiger partial charge in [-0.3, -0.25) is 14.3 Å². The molecule has 0 radical (unpaired) electrons. The minimum Gasteiger partial charge on any atom is -0.375 e. The highest BCUT2D eigenvalue weighted by atomic mass is 16.5. The number of aromatic amines is 1. The van der Waals surface area contributed by atoms with Gasteiger partial charge in [0.2, 0.25) is 0 Å². The predicted molar refractivity (Wildman–Crippen MR) is 105 cm³/mol. The monoisotopic (exact) mass is 355 g/mol. The summed E-state index contributed by atoms with van der Waals surface area (Å²) in [6.45, 7) is 11.8. The highest BCUT2D eigenvalue weighted by Gasteiger charge is 2.13. The molecule has 0 bridgehead atoms. The second-order valence-corrected chi connectivity index (χ2v) is 6.19. The third-order valence-corrected chi connectivity index (χ3v) is 4.07. The van der Waals surface area contributed by atoms with E-state index in [1.807, 2.05) is 37.3 Å². The van der Waals surface area contributed by atoms with E-state index in [9.17, 15) is 9.59 Å². The third-order valence-electron chi connectivity index (χ3n) is 4.07. The van der Waals surface area contributed by atoms with Gasteiger partial charge >= 0.3 is 5.69 Å². The fourth-order valence-electron chi connectivity index (χ4n) is 2.50. The summed E-state index contributed by atoms with van der Waals surface area (Å²) < 4.78 is 6.79. The molecular formula is C20H25N3O3. The van der Waals surface area contributed by atoms with Crippen LogP contribution in [0, 0.1) is 0 Å². The van der Waals surface area contributed by atoms with Gasteiger partial charge in [0.1, 0.15) is 5.82 Å². The van der Waals surface area contributed by atoms with Crippen LogP contribution < -0.4 is 16.6 Å². The van der Waals surface area contributed by atoms with Crippen LogP contribution in [0.3, 0.4) is 0 Å². The SMILES string of the molecule is C=CC(=C)C(C)Nc1cc(=O)n(C(C)COCc2ccccc2)c(=O)[nH]1. The molecule has 2 aromatic rings. The van der Waals surface area contributed by atoms with Gasteiger partial charge in [0.25, 0.3) is 5.56 Å². The van der Waals surface area contributed by atoms with Crippen molar-refractivity contribution in [3.63, 3.8) is 0 Å². The molecule has 0 amide bonds. The molecule has 0 aliphatic rings. The van der Waals surface area contributed by atoms with Crippen LogP contribution in [0.2, 0.25) is 0 Å². The lowest BCUT2D eigenvalue weighted by atomic mass is 10.1. The van der Waals surface area contributed by atoms with Crippen molar-refractivity contribution in [1.29, 1.82) is 0 Å². The molecule has 0 saturated heterocycles. The predicted octanol–water partition coefficient (Wildman–Crippen LogP) is 2.86. The highest BCUT2D eigenvalue weighted by molar-refractivity contribution is 5.38. The molecule has 2 rings (SSSR count). The summed E-state index contributed by atoms with van der Waals surface area (Å²) in [5, 5.41) is 3.03. The van der Waals surface area contributed by atoms with E-state index >= 15 is 0 Å². The van der Waals surface area contributed by atoms with Gasteiger partial charge in [0.15, 0.2) is 0 Å². The topological polar surface area (TPSA) is 76.1 Å². The summed E-state index contributed by atoms with van der Waals surface area (Å²) in [5.74, 6) is 0.351. The Bertz CT molecular complexity index is 837. The van der Waals surface area contributed by atoms with Crippen molar-refractivity contribution in [1.82, 2.24) is 9.55 Å². The molecule has 26 heavy (non-hydrogen) atoms. The molecule has 2 atom stereocenters. The van der Waals surface area contributed by atoms with Crippen LogP contribution in [-0.2, 0) is 11.3 Å². The summed E-state index contributed by atoms with van der Waals surface area (Å²) in [5.41, 5.74) is 0.936. The maximum atomic E-state index is 12.4. The molecule has 2 N–H and O–H groups in total. The lowest BCUT2D eigenvalue weighted by Gasteiger charge is -2.17. The molecule has 6 heteroatoms. The summed E-state index contributed by atoms with van der Waals surface area (Å²) in [6.07, 6.45) is 1.63. The number of benzene rings is 1. The number of hydrogen-bond donors (Lipinski definition) is 2. The number of H-pyrrole nitrogens is 1. The van der Waals surface area contributed by atoms with E-state index < -0.39 is 5.69 Å². The number of aromatic nitrogens is 2. The van der Waals surface area contributed by atoms with E-state index in [-0.39, 0.29) is 24.2 Å². The maximum Gasteiger partial charge on any atom is 0.330 e. The molecule has 138 valence electrons. The Labute approximate surface area is 152 Å². The quantitative estimate of drug-likeness (QED) is 0.678. The minimum absolute atomic E-state index is 0.148. The van der Waals surface area contributed by atoms with Crippen molar-refractivity contribution >= 4 is 5.82 Å². The van der Waals surface area contributed by atoms with Gasteiger partial charge < -0.3 is 10.1 Å². The summed E-state index contributed by atoms with van der Waals surface area (Å²) in [4.78, 5) is 27.4. The van der Waals surface area contributed by atoms with E-state index in [0.29, 0.717) is 12.4 Å². The van der Waals surface area contributed by atoms with Crippen LogP contribution >= 0.6 is 0 Å². The lowest BCUT2D eigenvalue weighted by molar-refractivity contribution is 0.0926. The summed E-state index contributed by atoms with van der Waals surface area (Å²) >= 11 is 0. The molecule has 0 fully saturated rings. The van der Waals surface area contributed by atoms with Gasteiger partial charge in [-0.05, 0) is 25.0 Å². The number of ether oxygens (including phenoxy) is 1. The number of nitrogens with zero attached hydrogens (tertiary/aromatic N) is 1. The van der Waals surface area contributed by atoms with Gasteiger partial charge in [-0.25, -0.2) is 4.79 Å². The zero-order chi connectivity index (χ0) is 19.1. The molecule has 6 nitrogen and oxygen atoms in total. The average Bonchev–Trinajstić information content (AvgIpc) is 2.61. The molecule has 2 unspecified atom stereocenters. The molecule has 1 aromatic heterocycles. The Balaban J connectivity index is 2.04. The van der Waals surface area contributed by atoms with Crippen LogP contribution in [-0.4, -0.2) is 22.2 Å². The first-order valence-electron chi connectivity index (χ1n) is 8.47. The first kappa shape index (κ1) is 19.5. The first-order valence-corrected chi connectivity index (χ1v) is 8.47. The Kier molecular flexibility index (Phi) is 6.74. The Morgan fingerprint density at radius 2 is 2.00 bits per heavy atom. The standard InChI is InChI=1S/C20H25N3O3/c1-5-14(2)16(4)21-18-11-19(24)23(20(25)22-18)15(3)12-26-13-17-9-7-6-8-10-17/h5-11,15-16,21H,1-2,12-13H2,3-4H3,(H,22,25).